The largest absolute Gasteiger partial charge is 0.459 e. The van der Waals surface area contributed by atoms with Crippen molar-refractivity contribution in [2.45, 2.75) is 38.5 Å². The molecule has 0 bridgehead atoms. The molecule has 0 spiro atoms. The number of carbonyl (C=O) groups is 1. The van der Waals surface area contributed by atoms with Gasteiger partial charge in [-0.1, -0.05) is 6.58 Å². The lowest BCUT2D eigenvalue weighted by Crippen LogP contribution is -2.36. The van der Waals surface area contributed by atoms with Gasteiger partial charge >= 0.3 is 14.5 Å². The third kappa shape index (κ3) is 8.93. The summed E-state index contributed by atoms with van der Waals surface area (Å²) in [6.07, 6.45) is 2.61. The van der Waals surface area contributed by atoms with Crippen LogP contribution in [-0.2, 0) is 23.1 Å². The molecule has 0 amide bonds. The molecular formula is C13H26O5Si. The SMILES string of the molecule is C=CC(=O)OC(C)CCOCCC[Si](C)(OC)OC. The van der Waals surface area contributed by atoms with Crippen LogP contribution in [0.5, 0.6) is 0 Å². The maximum Gasteiger partial charge on any atom is 0.334 e. The first-order valence-electron chi connectivity index (χ1n) is 6.48. The van der Waals surface area contributed by atoms with Crippen LogP contribution in [0.2, 0.25) is 12.6 Å². The minimum absolute atomic E-state index is 0.150. The summed E-state index contributed by atoms with van der Waals surface area (Å²) in [7, 11) is 1.41. The van der Waals surface area contributed by atoms with Crippen molar-refractivity contribution in [3.63, 3.8) is 0 Å². The Kier molecular flexibility index (Phi) is 9.77. The Labute approximate surface area is 117 Å². The van der Waals surface area contributed by atoms with Crippen LogP contribution in [-0.4, -0.2) is 48.1 Å². The van der Waals surface area contributed by atoms with Crippen LogP contribution in [0.1, 0.15) is 19.8 Å². The normalized spacial score (nSPS) is 13.1. The van der Waals surface area contributed by atoms with Gasteiger partial charge in [0.25, 0.3) is 0 Å². The number of hydrogen-bond acceptors (Lipinski definition) is 5. The summed E-state index contributed by atoms with van der Waals surface area (Å²) in [5.74, 6) is -0.394. The average molecular weight is 290 g/mol. The molecule has 0 saturated carbocycles. The molecule has 0 aromatic heterocycles. The fraction of sp³-hybridized carbons (Fsp3) is 0.769. The number of carbonyl (C=O) groups excluding carboxylic acids is 1. The first-order chi connectivity index (χ1) is 8.97. The van der Waals surface area contributed by atoms with E-state index in [9.17, 15) is 4.79 Å². The topological polar surface area (TPSA) is 54.0 Å². The molecule has 0 fully saturated rings. The molecule has 0 rings (SSSR count). The zero-order chi connectivity index (χ0) is 14.7. The molecule has 5 nitrogen and oxygen atoms in total. The van der Waals surface area contributed by atoms with Crippen molar-refractivity contribution in [3.8, 4) is 0 Å². The summed E-state index contributed by atoms with van der Waals surface area (Å²) < 4.78 is 21.3. The number of hydrogen-bond donors (Lipinski definition) is 0. The van der Waals surface area contributed by atoms with Crippen molar-refractivity contribution in [3.05, 3.63) is 12.7 Å². The van der Waals surface area contributed by atoms with Crippen LogP contribution in [0.3, 0.4) is 0 Å². The smallest absolute Gasteiger partial charge is 0.334 e. The molecule has 1 atom stereocenters. The molecule has 0 saturated heterocycles. The lowest BCUT2D eigenvalue weighted by molar-refractivity contribution is -0.142. The van der Waals surface area contributed by atoms with E-state index in [0.717, 1.165) is 18.5 Å². The van der Waals surface area contributed by atoms with Crippen molar-refractivity contribution in [2.24, 2.45) is 0 Å². The Balaban J connectivity index is 3.55. The molecule has 112 valence electrons. The monoisotopic (exact) mass is 290 g/mol. The van der Waals surface area contributed by atoms with Gasteiger partial charge in [-0.25, -0.2) is 4.79 Å². The van der Waals surface area contributed by atoms with Crippen molar-refractivity contribution >= 4 is 14.5 Å². The van der Waals surface area contributed by atoms with Gasteiger partial charge < -0.3 is 18.3 Å². The van der Waals surface area contributed by atoms with E-state index in [1.165, 1.54) is 0 Å². The third-order valence-corrected chi connectivity index (χ3v) is 5.92. The predicted molar refractivity (Wildman–Crippen MR) is 76.2 cm³/mol. The lowest BCUT2D eigenvalue weighted by Gasteiger charge is -2.22. The van der Waals surface area contributed by atoms with E-state index in [-0.39, 0.29) is 6.10 Å². The fourth-order valence-electron chi connectivity index (χ4n) is 1.44. The van der Waals surface area contributed by atoms with Crippen molar-refractivity contribution < 1.29 is 23.1 Å². The molecule has 0 heterocycles. The second kappa shape index (κ2) is 10.1. The van der Waals surface area contributed by atoms with Crippen LogP contribution in [0.4, 0.5) is 0 Å². The van der Waals surface area contributed by atoms with E-state index in [4.69, 9.17) is 18.3 Å². The quantitative estimate of drug-likeness (QED) is 0.253. The van der Waals surface area contributed by atoms with Gasteiger partial charge in [-0.05, 0) is 25.9 Å². The first-order valence-corrected chi connectivity index (χ1v) is 9.01. The highest BCUT2D eigenvalue weighted by atomic mass is 28.4. The predicted octanol–water partition coefficient (Wildman–Crippen LogP) is 2.27. The zero-order valence-corrected chi connectivity index (χ0v) is 13.4. The highest BCUT2D eigenvalue weighted by Gasteiger charge is 2.27. The van der Waals surface area contributed by atoms with E-state index < -0.39 is 14.5 Å². The Morgan fingerprint density at radius 3 is 2.47 bits per heavy atom. The molecular weight excluding hydrogens is 264 g/mol. The van der Waals surface area contributed by atoms with Gasteiger partial charge in [-0.15, -0.1) is 0 Å². The highest BCUT2D eigenvalue weighted by molar-refractivity contribution is 6.65. The summed E-state index contributed by atoms with van der Waals surface area (Å²) in [5.41, 5.74) is 0. The second-order valence-corrected chi connectivity index (χ2v) is 8.08. The lowest BCUT2D eigenvalue weighted by atomic mass is 10.3. The summed E-state index contributed by atoms with van der Waals surface area (Å²) in [4.78, 5) is 10.9. The highest BCUT2D eigenvalue weighted by Crippen LogP contribution is 2.13. The maximum atomic E-state index is 10.9. The van der Waals surface area contributed by atoms with E-state index in [0.29, 0.717) is 19.6 Å². The molecule has 1 unspecified atom stereocenters. The molecule has 0 aliphatic heterocycles. The van der Waals surface area contributed by atoms with Gasteiger partial charge in [0.1, 0.15) is 6.10 Å². The Morgan fingerprint density at radius 1 is 1.32 bits per heavy atom. The van der Waals surface area contributed by atoms with E-state index in [1.807, 2.05) is 13.5 Å². The van der Waals surface area contributed by atoms with Crippen molar-refractivity contribution in [1.29, 1.82) is 0 Å². The van der Waals surface area contributed by atoms with Crippen molar-refractivity contribution in [1.82, 2.24) is 0 Å². The van der Waals surface area contributed by atoms with Gasteiger partial charge in [0.05, 0.1) is 6.61 Å². The van der Waals surface area contributed by atoms with Gasteiger partial charge in [0, 0.05) is 33.3 Å². The van der Waals surface area contributed by atoms with Crippen LogP contribution >= 0.6 is 0 Å². The third-order valence-electron chi connectivity index (χ3n) is 2.94. The summed E-state index contributed by atoms with van der Waals surface area (Å²) in [6, 6.07) is 0.904. The summed E-state index contributed by atoms with van der Waals surface area (Å²) in [6.45, 7) is 8.45. The molecule has 0 aliphatic carbocycles. The van der Waals surface area contributed by atoms with Crippen LogP contribution in [0.25, 0.3) is 0 Å². The molecule has 0 aromatic carbocycles. The minimum atomic E-state index is -1.97. The Hall–Kier alpha value is -0.693. The standard InChI is InChI=1S/C13H26O5Si/c1-6-13(14)18-12(2)8-10-17-9-7-11-19(5,15-3)16-4/h6,12H,1,7-11H2,2-5H3. The minimum Gasteiger partial charge on any atom is -0.459 e. The molecule has 0 aromatic rings. The maximum absolute atomic E-state index is 10.9. The van der Waals surface area contributed by atoms with E-state index >= 15 is 0 Å². The molecule has 0 N–H and O–H groups in total. The number of esters is 1. The zero-order valence-electron chi connectivity index (χ0n) is 12.4. The van der Waals surface area contributed by atoms with Gasteiger partial charge in [0.2, 0.25) is 0 Å². The Morgan fingerprint density at radius 2 is 1.95 bits per heavy atom. The molecule has 19 heavy (non-hydrogen) atoms. The fourth-order valence-corrected chi connectivity index (χ4v) is 2.80. The molecule has 0 aliphatic rings. The van der Waals surface area contributed by atoms with E-state index in [1.54, 1.807) is 14.2 Å². The van der Waals surface area contributed by atoms with Gasteiger partial charge in [-0.2, -0.15) is 0 Å². The summed E-state index contributed by atoms with van der Waals surface area (Å²) >= 11 is 0. The number of ether oxygens (including phenoxy) is 2. The van der Waals surface area contributed by atoms with Gasteiger partial charge in [-0.3, -0.25) is 0 Å². The van der Waals surface area contributed by atoms with Crippen LogP contribution in [0, 0.1) is 0 Å². The van der Waals surface area contributed by atoms with E-state index in [2.05, 4.69) is 6.58 Å². The van der Waals surface area contributed by atoms with Crippen molar-refractivity contribution in [2.75, 3.05) is 27.4 Å². The second-order valence-electron chi connectivity index (χ2n) is 4.50. The average Bonchev–Trinajstić information content (AvgIpc) is 2.42. The molecule has 6 heteroatoms. The van der Waals surface area contributed by atoms with Gasteiger partial charge in [0.15, 0.2) is 0 Å². The first kappa shape index (κ1) is 18.3. The van der Waals surface area contributed by atoms with Crippen LogP contribution in [0.15, 0.2) is 12.7 Å². The molecule has 0 radical (unpaired) electrons. The van der Waals surface area contributed by atoms with Crippen LogP contribution < -0.4 is 0 Å². The Bertz CT molecular complexity index is 266. The number of rotatable bonds is 11. The summed E-state index contributed by atoms with van der Waals surface area (Å²) in [5, 5.41) is 0.